The van der Waals surface area contributed by atoms with Crippen LogP contribution in [0.5, 0.6) is 0 Å². The summed E-state index contributed by atoms with van der Waals surface area (Å²) < 4.78 is 8.23. The van der Waals surface area contributed by atoms with Crippen molar-refractivity contribution < 1.29 is 9.53 Å². The summed E-state index contributed by atoms with van der Waals surface area (Å²) in [6.07, 6.45) is 3.39. The fourth-order valence-corrected chi connectivity index (χ4v) is 3.51. The van der Waals surface area contributed by atoms with E-state index in [2.05, 4.69) is 10.4 Å². The number of carbonyl (C=O) groups excluding carboxylic acids is 1. The molecule has 0 atom stereocenters. The lowest BCUT2D eigenvalue weighted by atomic mass is 10.1. The number of hydrogen-bond acceptors (Lipinski definition) is 4. The number of pyridine rings is 1. The molecule has 0 spiro atoms. The van der Waals surface area contributed by atoms with E-state index in [-0.39, 0.29) is 18.0 Å². The molecule has 4 rings (SSSR count). The van der Waals surface area contributed by atoms with Gasteiger partial charge in [0.25, 0.3) is 11.5 Å². The lowest BCUT2D eigenvalue weighted by Crippen LogP contribution is -2.25. The Balaban J connectivity index is 1.74. The first-order chi connectivity index (χ1) is 15.1. The molecule has 31 heavy (non-hydrogen) atoms. The Labute approximate surface area is 184 Å². The molecule has 0 radical (unpaired) electrons. The number of rotatable bonds is 7. The molecule has 0 saturated carbocycles. The molecule has 7 nitrogen and oxygen atoms in total. The van der Waals surface area contributed by atoms with Crippen molar-refractivity contribution in [2.24, 2.45) is 0 Å². The molecule has 0 fully saturated rings. The third-order valence-electron chi connectivity index (χ3n) is 4.92. The fourth-order valence-electron chi connectivity index (χ4n) is 3.31. The molecule has 2 heterocycles. The highest BCUT2D eigenvalue weighted by Crippen LogP contribution is 2.23. The van der Waals surface area contributed by atoms with Crippen LogP contribution in [-0.2, 0) is 17.8 Å². The second-order valence-electron chi connectivity index (χ2n) is 6.99. The molecular weight excluding hydrogens is 416 g/mol. The normalized spacial score (nSPS) is 11.0. The van der Waals surface area contributed by atoms with Crippen molar-refractivity contribution in [3.63, 3.8) is 0 Å². The SMILES string of the molecule is COCCn1cc(C(=O)NCc2ccccc2Cl)c2nn(-c3ccccc3)c(=O)c-2c1. The average molecular weight is 437 g/mol. The summed E-state index contributed by atoms with van der Waals surface area (Å²) in [5.41, 5.74) is 2.18. The number of carbonyl (C=O) groups is 1. The van der Waals surface area contributed by atoms with Crippen LogP contribution in [0.15, 0.2) is 71.8 Å². The predicted molar refractivity (Wildman–Crippen MR) is 119 cm³/mol. The third-order valence-corrected chi connectivity index (χ3v) is 5.29. The summed E-state index contributed by atoms with van der Waals surface area (Å²) >= 11 is 6.20. The zero-order valence-electron chi connectivity index (χ0n) is 16.9. The Morgan fingerprint density at radius 2 is 1.84 bits per heavy atom. The first-order valence-electron chi connectivity index (χ1n) is 9.77. The molecule has 2 aliphatic heterocycles. The minimum Gasteiger partial charge on any atom is -0.383 e. The van der Waals surface area contributed by atoms with E-state index in [4.69, 9.17) is 16.3 Å². The highest BCUT2D eigenvalue weighted by Gasteiger charge is 2.24. The van der Waals surface area contributed by atoms with Gasteiger partial charge in [0, 0.05) is 37.6 Å². The van der Waals surface area contributed by atoms with Gasteiger partial charge in [0.1, 0.15) is 5.69 Å². The number of fused-ring (bicyclic) bond motifs is 1. The van der Waals surface area contributed by atoms with Gasteiger partial charge < -0.3 is 14.6 Å². The maximum Gasteiger partial charge on any atom is 0.282 e. The van der Waals surface area contributed by atoms with Gasteiger partial charge in [-0.3, -0.25) is 9.59 Å². The predicted octanol–water partition coefficient (Wildman–Crippen LogP) is 3.37. The van der Waals surface area contributed by atoms with E-state index in [0.717, 1.165) is 5.56 Å². The highest BCUT2D eigenvalue weighted by atomic mass is 35.5. The van der Waals surface area contributed by atoms with E-state index in [1.165, 1.54) is 4.68 Å². The molecule has 2 aromatic carbocycles. The van der Waals surface area contributed by atoms with Crippen LogP contribution in [0.1, 0.15) is 15.9 Å². The van der Waals surface area contributed by atoms with Crippen molar-refractivity contribution in [3.8, 4) is 16.9 Å². The lowest BCUT2D eigenvalue weighted by molar-refractivity contribution is 0.0950. The number of methoxy groups -OCH3 is 1. The lowest BCUT2D eigenvalue weighted by Gasteiger charge is -2.13. The summed E-state index contributed by atoms with van der Waals surface area (Å²) in [5, 5.41) is 7.93. The monoisotopic (exact) mass is 436 g/mol. The van der Waals surface area contributed by atoms with Crippen molar-refractivity contribution in [1.29, 1.82) is 0 Å². The third kappa shape index (κ3) is 4.38. The second kappa shape index (κ2) is 9.16. The van der Waals surface area contributed by atoms with E-state index in [1.807, 2.05) is 36.4 Å². The smallest absolute Gasteiger partial charge is 0.282 e. The number of nitrogens with zero attached hydrogens (tertiary/aromatic N) is 3. The van der Waals surface area contributed by atoms with E-state index in [9.17, 15) is 9.59 Å². The van der Waals surface area contributed by atoms with Crippen LogP contribution >= 0.6 is 11.6 Å². The zero-order chi connectivity index (χ0) is 21.8. The largest absolute Gasteiger partial charge is 0.383 e. The number of amides is 1. The Morgan fingerprint density at radius 1 is 1.10 bits per heavy atom. The van der Waals surface area contributed by atoms with Crippen LogP contribution in [-0.4, -0.2) is 34.0 Å². The van der Waals surface area contributed by atoms with Gasteiger partial charge in [-0.15, -0.1) is 0 Å². The van der Waals surface area contributed by atoms with Crippen LogP contribution in [0.25, 0.3) is 16.9 Å². The van der Waals surface area contributed by atoms with Crippen LogP contribution in [0.2, 0.25) is 5.02 Å². The van der Waals surface area contributed by atoms with Crippen molar-refractivity contribution in [1.82, 2.24) is 19.7 Å². The molecule has 0 bridgehead atoms. The average Bonchev–Trinajstić information content (AvgIpc) is 3.13. The van der Waals surface area contributed by atoms with E-state index in [1.54, 1.807) is 42.3 Å². The first kappa shape index (κ1) is 20.8. The van der Waals surface area contributed by atoms with Crippen LogP contribution in [0.4, 0.5) is 0 Å². The van der Waals surface area contributed by atoms with Gasteiger partial charge in [-0.2, -0.15) is 9.78 Å². The molecule has 0 unspecified atom stereocenters. The summed E-state index contributed by atoms with van der Waals surface area (Å²) in [6.45, 7) is 1.20. The van der Waals surface area contributed by atoms with Crippen LogP contribution < -0.4 is 10.9 Å². The number of ether oxygens (including phenoxy) is 1. The quantitative estimate of drug-likeness (QED) is 0.482. The Bertz CT molecular complexity index is 1230. The topological polar surface area (TPSA) is 78.2 Å². The number of nitrogens with one attached hydrogen (secondary N) is 1. The molecule has 158 valence electrons. The van der Waals surface area contributed by atoms with Gasteiger partial charge in [-0.25, -0.2) is 0 Å². The summed E-state index contributed by atoms with van der Waals surface area (Å²) in [7, 11) is 1.60. The van der Waals surface area contributed by atoms with Crippen LogP contribution in [0.3, 0.4) is 0 Å². The van der Waals surface area contributed by atoms with Crippen molar-refractivity contribution in [2.75, 3.05) is 13.7 Å². The highest BCUT2D eigenvalue weighted by molar-refractivity contribution is 6.31. The summed E-state index contributed by atoms with van der Waals surface area (Å²) in [6, 6.07) is 16.4. The van der Waals surface area contributed by atoms with Gasteiger partial charge >= 0.3 is 0 Å². The number of aromatic nitrogens is 3. The van der Waals surface area contributed by atoms with Gasteiger partial charge in [0.2, 0.25) is 0 Å². The fraction of sp³-hybridized carbons (Fsp3) is 0.174. The maximum absolute atomic E-state index is 13.1. The van der Waals surface area contributed by atoms with Gasteiger partial charge in [0.15, 0.2) is 0 Å². The van der Waals surface area contributed by atoms with Gasteiger partial charge in [-0.05, 0) is 23.8 Å². The number of hydrogen-bond donors (Lipinski definition) is 1. The summed E-state index contributed by atoms with van der Waals surface area (Å²) in [4.78, 5) is 26.1. The van der Waals surface area contributed by atoms with Crippen LogP contribution in [0, 0.1) is 0 Å². The van der Waals surface area contributed by atoms with Gasteiger partial charge in [-0.1, -0.05) is 48.0 Å². The van der Waals surface area contributed by atoms with E-state index >= 15 is 0 Å². The van der Waals surface area contributed by atoms with E-state index < -0.39 is 0 Å². The first-order valence-corrected chi connectivity index (χ1v) is 10.1. The summed E-state index contributed by atoms with van der Waals surface area (Å²) in [5.74, 6) is -0.339. The minimum atomic E-state index is -0.339. The maximum atomic E-state index is 13.1. The van der Waals surface area contributed by atoms with Crippen molar-refractivity contribution >= 4 is 17.5 Å². The van der Waals surface area contributed by atoms with Crippen molar-refractivity contribution in [3.05, 3.63) is 93.5 Å². The molecule has 0 aliphatic carbocycles. The molecule has 0 saturated heterocycles. The Hall–Kier alpha value is -3.42. The van der Waals surface area contributed by atoms with Gasteiger partial charge in [0.05, 0.1) is 23.4 Å². The molecule has 2 aliphatic rings. The molecular formula is C23H21ClN4O3. The van der Waals surface area contributed by atoms with Crippen molar-refractivity contribution in [2.45, 2.75) is 13.1 Å². The zero-order valence-corrected chi connectivity index (χ0v) is 17.7. The van der Waals surface area contributed by atoms with E-state index in [0.29, 0.717) is 40.7 Å². The number of benzene rings is 2. The number of para-hydroxylation sites is 1. The number of halogens is 1. The molecule has 8 heteroatoms. The standard InChI is InChI=1S/C23H21ClN4O3/c1-31-12-11-27-14-18(22(29)25-13-16-7-5-6-10-20(16)24)21-19(15-27)23(30)28(26-21)17-8-3-2-4-9-17/h2-10,14-15H,11-13H2,1H3,(H,25,29). The molecule has 1 N–H and O–H groups in total. The second-order valence-corrected chi connectivity index (χ2v) is 7.40. The minimum absolute atomic E-state index is 0.261. The molecule has 0 aromatic heterocycles. The Morgan fingerprint density at radius 3 is 2.58 bits per heavy atom. The Kier molecular flexibility index (Phi) is 6.16. The molecule has 1 amide bonds. The molecule has 2 aromatic rings.